The molecule has 9 nitrogen and oxygen atoms in total. The molecule has 0 aromatic heterocycles. The van der Waals surface area contributed by atoms with Crippen LogP contribution in [0.15, 0.2) is 91.0 Å². The first kappa shape index (κ1) is 34.0. The number of carboxylic acid groups (broad SMARTS) is 1. The molecule has 0 saturated heterocycles. The molecule has 234 valence electrons. The highest BCUT2D eigenvalue weighted by Crippen LogP contribution is 2.29. The van der Waals surface area contributed by atoms with Crippen LogP contribution >= 0.6 is 0 Å². The maximum Gasteiger partial charge on any atom is 0.325 e. The molecule has 0 heterocycles. The molecule has 0 spiro atoms. The Morgan fingerprint density at radius 3 is 1.84 bits per heavy atom. The van der Waals surface area contributed by atoms with Gasteiger partial charge in [0.05, 0.1) is 6.42 Å². The molecule has 0 saturated carbocycles. The van der Waals surface area contributed by atoms with Gasteiger partial charge in [-0.15, -0.1) is 0 Å². The van der Waals surface area contributed by atoms with Crippen molar-refractivity contribution >= 4 is 23.8 Å². The molecule has 2 amide bonds. The number of hydrogen-bond acceptors (Lipinski definition) is 6. The third-order valence-corrected chi connectivity index (χ3v) is 7.61. The Balaban J connectivity index is 1.88. The molecule has 0 aliphatic heterocycles. The van der Waals surface area contributed by atoms with Gasteiger partial charge in [0.15, 0.2) is 0 Å². The second-order valence-electron chi connectivity index (χ2n) is 11.2. The van der Waals surface area contributed by atoms with E-state index in [4.69, 9.17) is 10.5 Å². The summed E-state index contributed by atoms with van der Waals surface area (Å²) >= 11 is 0. The summed E-state index contributed by atoms with van der Waals surface area (Å²) in [5.74, 6) is -3.75. The zero-order chi connectivity index (χ0) is 32.1. The smallest absolute Gasteiger partial charge is 0.325 e. The summed E-state index contributed by atoms with van der Waals surface area (Å²) in [4.78, 5) is 52.0. The third kappa shape index (κ3) is 10.1. The third-order valence-electron chi connectivity index (χ3n) is 7.61. The van der Waals surface area contributed by atoms with Crippen molar-refractivity contribution in [2.75, 3.05) is 0 Å². The Morgan fingerprint density at radius 2 is 1.34 bits per heavy atom. The van der Waals surface area contributed by atoms with Gasteiger partial charge in [0.25, 0.3) is 0 Å². The number of esters is 1. The molecule has 5 atom stereocenters. The summed E-state index contributed by atoms with van der Waals surface area (Å²) in [5.41, 5.74) is 8.60. The summed E-state index contributed by atoms with van der Waals surface area (Å²) in [6, 6.07) is 24.6. The fourth-order valence-corrected chi connectivity index (χ4v) is 5.17. The van der Waals surface area contributed by atoms with E-state index in [-0.39, 0.29) is 12.3 Å². The van der Waals surface area contributed by atoms with Crippen molar-refractivity contribution in [2.45, 2.75) is 76.6 Å². The number of carbonyl (C=O) groups is 4. The minimum Gasteiger partial charge on any atom is -0.480 e. The zero-order valence-electron chi connectivity index (χ0n) is 25.5. The lowest BCUT2D eigenvalue weighted by atomic mass is 9.84. The van der Waals surface area contributed by atoms with Gasteiger partial charge in [0.2, 0.25) is 11.8 Å². The van der Waals surface area contributed by atoms with Crippen LogP contribution in [0.25, 0.3) is 0 Å². The van der Waals surface area contributed by atoms with Crippen molar-refractivity contribution in [3.8, 4) is 0 Å². The predicted octanol–water partition coefficient (Wildman–Crippen LogP) is 4.20. The average Bonchev–Trinajstić information content (AvgIpc) is 3.01. The van der Waals surface area contributed by atoms with E-state index in [1.807, 2.05) is 105 Å². The van der Waals surface area contributed by atoms with E-state index in [0.29, 0.717) is 12.8 Å². The molecule has 0 bridgehead atoms. The zero-order valence-corrected chi connectivity index (χ0v) is 25.5. The number of rotatable bonds is 16. The first-order chi connectivity index (χ1) is 21.1. The number of benzene rings is 3. The first-order valence-corrected chi connectivity index (χ1v) is 15.0. The van der Waals surface area contributed by atoms with Crippen LogP contribution in [0.4, 0.5) is 0 Å². The van der Waals surface area contributed by atoms with Crippen molar-refractivity contribution < 1.29 is 29.0 Å². The van der Waals surface area contributed by atoms with Gasteiger partial charge in [0, 0.05) is 5.92 Å². The number of carboxylic acids is 1. The molecule has 0 aliphatic carbocycles. The van der Waals surface area contributed by atoms with Crippen LogP contribution in [-0.4, -0.2) is 53.1 Å². The van der Waals surface area contributed by atoms with Crippen molar-refractivity contribution in [1.29, 1.82) is 0 Å². The van der Waals surface area contributed by atoms with Crippen molar-refractivity contribution in [1.82, 2.24) is 10.6 Å². The van der Waals surface area contributed by atoms with Gasteiger partial charge >= 0.3 is 11.9 Å². The molecule has 3 aromatic rings. The summed E-state index contributed by atoms with van der Waals surface area (Å²) in [6.07, 6.45) is 0.836. The lowest BCUT2D eigenvalue weighted by Gasteiger charge is -2.30. The summed E-state index contributed by atoms with van der Waals surface area (Å²) in [6.45, 7) is 5.28. The van der Waals surface area contributed by atoms with E-state index in [2.05, 4.69) is 10.6 Å². The molecule has 0 fully saturated rings. The number of nitrogens with one attached hydrogen (secondary N) is 2. The molecule has 3 rings (SSSR count). The van der Waals surface area contributed by atoms with E-state index in [9.17, 15) is 24.3 Å². The summed E-state index contributed by atoms with van der Waals surface area (Å²) in [5, 5.41) is 14.8. The number of amides is 2. The molecular formula is C35H43N3O6. The summed E-state index contributed by atoms with van der Waals surface area (Å²) in [7, 11) is 0. The van der Waals surface area contributed by atoms with Gasteiger partial charge in [-0.2, -0.15) is 0 Å². The van der Waals surface area contributed by atoms with E-state index in [1.165, 1.54) is 6.92 Å². The maximum absolute atomic E-state index is 13.7. The van der Waals surface area contributed by atoms with Gasteiger partial charge in [-0.3, -0.25) is 19.2 Å². The number of carbonyl (C=O) groups excluding carboxylic acids is 3. The van der Waals surface area contributed by atoms with Crippen molar-refractivity contribution in [3.05, 3.63) is 108 Å². The standard InChI is InChI=1S/C35H43N3O6/c1-4-14-23(2)29(44-35(43)28(36)21-25-15-8-5-9-16-25)22-30(39)38-32(33(40)37-24(3)34(41)42)31(26-17-10-6-11-18-26)27-19-12-7-13-20-27/h5-13,15-20,23-24,28-29,31-32H,4,14,21-22,36H2,1-3H3,(H,37,40)(H,38,39)(H,41,42)/t23-,24+,28+,29-,32-/m0/s1. The number of nitrogens with two attached hydrogens (primary N) is 1. The van der Waals surface area contributed by atoms with Crippen LogP contribution in [-0.2, 0) is 30.3 Å². The van der Waals surface area contributed by atoms with Gasteiger partial charge in [0.1, 0.15) is 24.2 Å². The monoisotopic (exact) mass is 601 g/mol. The Kier molecular flexibility index (Phi) is 13.1. The highest BCUT2D eigenvalue weighted by Gasteiger charge is 2.35. The van der Waals surface area contributed by atoms with Crippen LogP contribution in [0, 0.1) is 5.92 Å². The van der Waals surface area contributed by atoms with Crippen LogP contribution < -0.4 is 16.4 Å². The van der Waals surface area contributed by atoms with Gasteiger partial charge in [-0.25, -0.2) is 0 Å². The Hall–Kier alpha value is -4.50. The summed E-state index contributed by atoms with van der Waals surface area (Å²) < 4.78 is 5.83. The minimum absolute atomic E-state index is 0.156. The van der Waals surface area contributed by atoms with E-state index < -0.39 is 53.9 Å². The van der Waals surface area contributed by atoms with Crippen molar-refractivity contribution in [2.24, 2.45) is 11.7 Å². The number of hydrogen-bond donors (Lipinski definition) is 4. The molecule has 5 N–H and O–H groups in total. The minimum atomic E-state index is -1.20. The largest absolute Gasteiger partial charge is 0.480 e. The normalized spacial score (nSPS) is 14.5. The second-order valence-corrected chi connectivity index (χ2v) is 11.2. The molecule has 0 unspecified atom stereocenters. The van der Waals surface area contributed by atoms with Crippen LogP contribution in [0.2, 0.25) is 0 Å². The maximum atomic E-state index is 13.7. The van der Waals surface area contributed by atoms with Crippen molar-refractivity contribution in [3.63, 3.8) is 0 Å². The molecule has 44 heavy (non-hydrogen) atoms. The fraction of sp³-hybridized carbons (Fsp3) is 0.371. The molecule has 3 aromatic carbocycles. The van der Waals surface area contributed by atoms with Crippen LogP contribution in [0.3, 0.4) is 0 Å². The lowest BCUT2D eigenvalue weighted by molar-refractivity contribution is -0.155. The molecule has 0 radical (unpaired) electrons. The topological polar surface area (TPSA) is 148 Å². The van der Waals surface area contributed by atoms with E-state index in [1.54, 1.807) is 0 Å². The SMILES string of the molecule is CCC[C@H](C)[C@H](CC(=O)N[C@H](C(=O)N[C@H](C)C(=O)O)C(c1ccccc1)c1ccccc1)OC(=O)[C@H](N)Cc1ccccc1. The number of aliphatic carboxylic acids is 1. The highest BCUT2D eigenvalue weighted by molar-refractivity contribution is 5.91. The van der Waals surface area contributed by atoms with Gasteiger partial charge in [-0.1, -0.05) is 111 Å². The van der Waals surface area contributed by atoms with Crippen LogP contribution in [0.1, 0.15) is 62.6 Å². The van der Waals surface area contributed by atoms with E-state index in [0.717, 1.165) is 23.1 Å². The predicted molar refractivity (Wildman–Crippen MR) is 169 cm³/mol. The second kappa shape index (κ2) is 17.0. The Labute approximate surface area is 259 Å². The van der Waals surface area contributed by atoms with Gasteiger partial charge in [-0.05, 0) is 42.4 Å². The quantitative estimate of drug-likeness (QED) is 0.180. The van der Waals surface area contributed by atoms with Gasteiger partial charge < -0.3 is 26.2 Å². The number of ether oxygens (including phenoxy) is 1. The fourth-order valence-electron chi connectivity index (χ4n) is 5.17. The first-order valence-electron chi connectivity index (χ1n) is 15.0. The Morgan fingerprint density at radius 1 is 0.818 bits per heavy atom. The highest BCUT2D eigenvalue weighted by atomic mass is 16.5. The molecule has 0 aliphatic rings. The Bertz CT molecular complexity index is 1310. The molecular weight excluding hydrogens is 558 g/mol. The average molecular weight is 602 g/mol. The molecule has 9 heteroatoms. The van der Waals surface area contributed by atoms with E-state index >= 15 is 0 Å². The van der Waals surface area contributed by atoms with Crippen LogP contribution in [0.5, 0.6) is 0 Å². The lowest BCUT2D eigenvalue weighted by Crippen LogP contribution is -2.54.